The molecule has 0 rings (SSSR count). The predicted molar refractivity (Wildman–Crippen MR) is 104 cm³/mol. The fourth-order valence-electron chi connectivity index (χ4n) is 2.50. The summed E-state index contributed by atoms with van der Waals surface area (Å²) < 4.78 is 0. The second kappa shape index (κ2) is 13.1. The number of hydrogen-bond acceptors (Lipinski definition) is 7. The Balaban J connectivity index is 5.18. The maximum atomic E-state index is 12.6. The van der Waals surface area contributed by atoms with Crippen molar-refractivity contribution in [1.29, 1.82) is 0 Å². The van der Waals surface area contributed by atoms with Crippen LogP contribution in [0, 0.1) is 11.8 Å². The summed E-state index contributed by atoms with van der Waals surface area (Å²) in [6.07, 6.45) is 0.402. The molecule has 0 spiro atoms. The van der Waals surface area contributed by atoms with E-state index in [9.17, 15) is 29.4 Å². The van der Waals surface area contributed by atoms with Crippen molar-refractivity contribution in [3.8, 4) is 0 Å². The number of nitrogens with two attached hydrogens (primary N) is 1. The van der Waals surface area contributed by atoms with Crippen LogP contribution in [0.25, 0.3) is 0 Å². The molecule has 0 saturated carbocycles. The van der Waals surface area contributed by atoms with Crippen LogP contribution in [0.15, 0.2) is 0 Å². The summed E-state index contributed by atoms with van der Waals surface area (Å²) in [4.78, 5) is 48.1. The van der Waals surface area contributed by atoms with Crippen LogP contribution in [0.3, 0.4) is 0 Å². The van der Waals surface area contributed by atoms with Gasteiger partial charge in [0.05, 0.1) is 13.2 Å². The van der Waals surface area contributed by atoms with E-state index in [1.165, 1.54) is 0 Å². The van der Waals surface area contributed by atoms with E-state index in [-0.39, 0.29) is 24.7 Å². The van der Waals surface area contributed by atoms with Gasteiger partial charge in [0.1, 0.15) is 24.2 Å². The molecule has 4 unspecified atom stereocenters. The number of amides is 3. The molecular formula is C18H34N4O7. The Morgan fingerprint density at radius 3 is 1.55 bits per heavy atom. The highest BCUT2D eigenvalue weighted by atomic mass is 16.4. The first-order valence-corrected chi connectivity index (χ1v) is 9.54. The van der Waals surface area contributed by atoms with Gasteiger partial charge >= 0.3 is 5.97 Å². The molecule has 0 bridgehead atoms. The zero-order valence-corrected chi connectivity index (χ0v) is 17.3. The number of aliphatic carboxylic acids is 1. The number of carbonyl (C=O) groups is 4. The number of rotatable bonds is 13. The van der Waals surface area contributed by atoms with Crippen LogP contribution in [0.5, 0.6) is 0 Å². The van der Waals surface area contributed by atoms with E-state index < -0.39 is 61.1 Å². The maximum Gasteiger partial charge on any atom is 0.326 e. The Bertz CT molecular complexity index is 568. The third-order valence-corrected chi connectivity index (χ3v) is 4.01. The SMILES string of the molecule is CC(C)CC(NC(=O)C(CO)NC(=O)C(CC(C)C)NC(=O)C(N)CO)C(=O)O. The lowest BCUT2D eigenvalue weighted by molar-refractivity contribution is -0.143. The minimum absolute atomic E-state index is 0.0000595. The van der Waals surface area contributed by atoms with E-state index in [2.05, 4.69) is 16.0 Å². The molecule has 3 amide bonds. The van der Waals surface area contributed by atoms with E-state index in [0.29, 0.717) is 0 Å². The lowest BCUT2D eigenvalue weighted by Gasteiger charge is -2.25. The minimum Gasteiger partial charge on any atom is -0.480 e. The fourth-order valence-corrected chi connectivity index (χ4v) is 2.50. The average molecular weight is 418 g/mol. The topological polar surface area (TPSA) is 191 Å². The van der Waals surface area contributed by atoms with Gasteiger partial charge in [-0.25, -0.2) is 4.79 Å². The van der Waals surface area contributed by atoms with Crippen LogP contribution in [0.2, 0.25) is 0 Å². The van der Waals surface area contributed by atoms with Crippen LogP contribution in [0.1, 0.15) is 40.5 Å². The van der Waals surface area contributed by atoms with Gasteiger partial charge in [-0.05, 0) is 24.7 Å². The quantitative estimate of drug-likeness (QED) is 0.177. The summed E-state index contributed by atoms with van der Waals surface area (Å²) in [5, 5.41) is 34.7. The Kier molecular flexibility index (Phi) is 12.1. The van der Waals surface area contributed by atoms with Gasteiger partial charge in [-0.1, -0.05) is 27.7 Å². The van der Waals surface area contributed by atoms with Gasteiger partial charge in [0, 0.05) is 0 Å². The molecule has 11 heteroatoms. The zero-order chi connectivity index (χ0) is 22.7. The normalized spacial score (nSPS) is 15.3. The molecule has 11 nitrogen and oxygen atoms in total. The molecule has 168 valence electrons. The number of carboxylic acids is 1. The van der Waals surface area contributed by atoms with Crippen LogP contribution in [-0.4, -0.2) is 76.4 Å². The van der Waals surface area contributed by atoms with Crippen molar-refractivity contribution in [2.75, 3.05) is 13.2 Å². The predicted octanol–water partition coefficient (Wildman–Crippen LogP) is -2.07. The molecular weight excluding hydrogens is 384 g/mol. The summed E-state index contributed by atoms with van der Waals surface area (Å²) in [5.41, 5.74) is 5.44. The van der Waals surface area contributed by atoms with Gasteiger partial charge < -0.3 is 37.0 Å². The highest BCUT2D eigenvalue weighted by molar-refractivity contribution is 5.94. The average Bonchev–Trinajstić information content (AvgIpc) is 2.62. The minimum atomic E-state index is -1.39. The number of aliphatic hydroxyl groups excluding tert-OH is 2. The summed E-state index contributed by atoms with van der Waals surface area (Å²) in [5.74, 6) is -3.54. The van der Waals surface area contributed by atoms with Gasteiger partial charge in [-0.15, -0.1) is 0 Å². The number of aliphatic hydroxyl groups is 2. The van der Waals surface area contributed by atoms with Crippen molar-refractivity contribution < 1.29 is 34.5 Å². The fraction of sp³-hybridized carbons (Fsp3) is 0.778. The molecule has 4 atom stereocenters. The molecule has 0 aromatic heterocycles. The second-order valence-corrected chi connectivity index (χ2v) is 7.75. The molecule has 0 aliphatic rings. The third kappa shape index (κ3) is 10.2. The van der Waals surface area contributed by atoms with E-state index in [1.54, 1.807) is 13.8 Å². The van der Waals surface area contributed by atoms with Crippen LogP contribution in [0.4, 0.5) is 0 Å². The smallest absolute Gasteiger partial charge is 0.326 e. The van der Waals surface area contributed by atoms with Crippen LogP contribution >= 0.6 is 0 Å². The van der Waals surface area contributed by atoms with E-state index in [4.69, 9.17) is 10.8 Å². The van der Waals surface area contributed by atoms with Gasteiger partial charge in [0.2, 0.25) is 17.7 Å². The first-order valence-electron chi connectivity index (χ1n) is 9.54. The van der Waals surface area contributed by atoms with E-state index >= 15 is 0 Å². The van der Waals surface area contributed by atoms with Gasteiger partial charge in [-0.2, -0.15) is 0 Å². The van der Waals surface area contributed by atoms with Crippen molar-refractivity contribution in [3.63, 3.8) is 0 Å². The van der Waals surface area contributed by atoms with Crippen molar-refractivity contribution in [2.45, 2.75) is 64.7 Å². The highest BCUT2D eigenvalue weighted by Crippen LogP contribution is 2.07. The Morgan fingerprint density at radius 1 is 0.724 bits per heavy atom. The van der Waals surface area contributed by atoms with Crippen molar-refractivity contribution in [1.82, 2.24) is 16.0 Å². The van der Waals surface area contributed by atoms with Crippen LogP contribution in [-0.2, 0) is 19.2 Å². The molecule has 0 aliphatic heterocycles. The van der Waals surface area contributed by atoms with Crippen LogP contribution < -0.4 is 21.7 Å². The molecule has 0 aromatic carbocycles. The number of carbonyl (C=O) groups excluding carboxylic acids is 3. The summed E-state index contributed by atoms with van der Waals surface area (Å²) in [6.45, 7) is 5.86. The standard InChI is InChI=1S/C18H34N4O7/c1-9(2)5-12(20-15(25)11(19)7-23)16(26)22-14(8-24)17(27)21-13(18(28)29)6-10(3)4/h9-14,23-24H,5-8,19H2,1-4H3,(H,20,25)(H,21,27)(H,22,26)(H,28,29). The Labute approximate surface area is 170 Å². The molecule has 0 fully saturated rings. The van der Waals surface area contributed by atoms with Crippen molar-refractivity contribution in [2.24, 2.45) is 17.6 Å². The molecule has 0 aromatic rings. The summed E-state index contributed by atoms with van der Waals surface area (Å²) >= 11 is 0. The molecule has 0 heterocycles. The Morgan fingerprint density at radius 2 is 1.14 bits per heavy atom. The number of hydrogen-bond donors (Lipinski definition) is 7. The summed E-state index contributed by atoms with van der Waals surface area (Å²) in [7, 11) is 0. The monoisotopic (exact) mass is 418 g/mol. The lowest BCUT2D eigenvalue weighted by atomic mass is 10.0. The zero-order valence-electron chi connectivity index (χ0n) is 17.3. The van der Waals surface area contributed by atoms with Gasteiger partial charge in [0.15, 0.2) is 0 Å². The van der Waals surface area contributed by atoms with Gasteiger partial charge in [-0.3, -0.25) is 14.4 Å². The molecule has 0 radical (unpaired) electrons. The largest absolute Gasteiger partial charge is 0.480 e. The number of nitrogens with one attached hydrogen (secondary N) is 3. The van der Waals surface area contributed by atoms with Crippen molar-refractivity contribution >= 4 is 23.7 Å². The van der Waals surface area contributed by atoms with E-state index in [1.807, 2.05) is 13.8 Å². The first-order chi connectivity index (χ1) is 13.4. The Hall–Kier alpha value is -2.24. The first kappa shape index (κ1) is 26.8. The van der Waals surface area contributed by atoms with Crippen molar-refractivity contribution in [3.05, 3.63) is 0 Å². The highest BCUT2D eigenvalue weighted by Gasteiger charge is 2.30. The molecule has 0 aliphatic carbocycles. The third-order valence-electron chi connectivity index (χ3n) is 4.01. The maximum absolute atomic E-state index is 12.6. The van der Waals surface area contributed by atoms with Gasteiger partial charge in [0.25, 0.3) is 0 Å². The summed E-state index contributed by atoms with van der Waals surface area (Å²) in [6, 6.07) is -4.81. The molecule has 0 saturated heterocycles. The molecule has 8 N–H and O–H groups in total. The lowest BCUT2D eigenvalue weighted by Crippen LogP contribution is -2.58. The molecule has 29 heavy (non-hydrogen) atoms. The van der Waals surface area contributed by atoms with E-state index in [0.717, 1.165) is 0 Å². The second-order valence-electron chi connectivity index (χ2n) is 7.75. The number of carboxylic acid groups (broad SMARTS) is 1.